The molecule has 1 aromatic heterocycles. The topological polar surface area (TPSA) is 17.8 Å². The monoisotopic (exact) mass is 226 g/mol. The fourth-order valence-corrected chi connectivity index (χ4v) is 2.49. The van der Waals surface area contributed by atoms with Gasteiger partial charge in [-0.15, -0.1) is 0 Å². The largest absolute Gasteiger partial charge is 0.334 e. The van der Waals surface area contributed by atoms with Crippen LogP contribution in [0.2, 0.25) is 0 Å². The standard InChI is InChI=1S/C15H18N2/c1-12-3-5-14(6-4-12)15(7-8-15)11-17-10-9-16-13(17)2/h3-6,9-10H,7-8,11H2,1-2H3. The zero-order valence-corrected chi connectivity index (χ0v) is 10.5. The van der Waals surface area contributed by atoms with E-state index in [2.05, 4.69) is 53.9 Å². The molecule has 0 spiro atoms. The van der Waals surface area contributed by atoms with E-state index in [9.17, 15) is 0 Å². The van der Waals surface area contributed by atoms with Crippen LogP contribution in [-0.4, -0.2) is 9.55 Å². The molecule has 0 radical (unpaired) electrons. The van der Waals surface area contributed by atoms with E-state index < -0.39 is 0 Å². The maximum Gasteiger partial charge on any atom is 0.105 e. The van der Waals surface area contributed by atoms with Gasteiger partial charge in [0.05, 0.1) is 0 Å². The van der Waals surface area contributed by atoms with Gasteiger partial charge in [-0.05, 0) is 32.3 Å². The molecule has 1 aromatic carbocycles. The average Bonchev–Trinajstić information content (AvgIpc) is 2.99. The summed E-state index contributed by atoms with van der Waals surface area (Å²) in [6.45, 7) is 5.29. The Morgan fingerprint density at radius 3 is 2.41 bits per heavy atom. The lowest BCUT2D eigenvalue weighted by Crippen LogP contribution is -2.16. The third-order valence-corrected chi connectivity index (χ3v) is 3.91. The lowest BCUT2D eigenvalue weighted by molar-refractivity contribution is 0.537. The van der Waals surface area contributed by atoms with Crippen LogP contribution in [0, 0.1) is 13.8 Å². The summed E-state index contributed by atoms with van der Waals surface area (Å²) in [5, 5.41) is 0. The van der Waals surface area contributed by atoms with Crippen molar-refractivity contribution in [1.82, 2.24) is 9.55 Å². The van der Waals surface area contributed by atoms with Crippen LogP contribution >= 0.6 is 0 Å². The molecule has 88 valence electrons. The zero-order valence-electron chi connectivity index (χ0n) is 10.5. The minimum atomic E-state index is 0.374. The number of rotatable bonds is 3. The smallest absolute Gasteiger partial charge is 0.105 e. The second kappa shape index (κ2) is 3.73. The van der Waals surface area contributed by atoms with Crippen LogP contribution < -0.4 is 0 Å². The van der Waals surface area contributed by atoms with Crippen molar-refractivity contribution in [3.05, 3.63) is 53.6 Å². The fourth-order valence-electron chi connectivity index (χ4n) is 2.49. The quantitative estimate of drug-likeness (QED) is 0.785. The van der Waals surface area contributed by atoms with Crippen LogP contribution in [0.4, 0.5) is 0 Å². The van der Waals surface area contributed by atoms with E-state index in [4.69, 9.17) is 0 Å². The maximum absolute atomic E-state index is 4.30. The van der Waals surface area contributed by atoms with Crippen molar-refractivity contribution < 1.29 is 0 Å². The number of aromatic nitrogens is 2. The minimum absolute atomic E-state index is 0.374. The number of hydrogen-bond donors (Lipinski definition) is 0. The van der Waals surface area contributed by atoms with Crippen molar-refractivity contribution in [2.45, 2.75) is 38.6 Å². The van der Waals surface area contributed by atoms with Gasteiger partial charge in [-0.25, -0.2) is 4.98 Å². The normalized spacial score (nSPS) is 17.1. The summed E-state index contributed by atoms with van der Waals surface area (Å²) in [5.74, 6) is 1.11. The highest BCUT2D eigenvalue weighted by Gasteiger charge is 2.44. The molecule has 1 fully saturated rings. The van der Waals surface area contributed by atoms with E-state index in [1.807, 2.05) is 6.20 Å². The van der Waals surface area contributed by atoms with Crippen molar-refractivity contribution in [3.8, 4) is 0 Å². The molecule has 1 aliphatic rings. The fraction of sp³-hybridized carbons (Fsp3) is 0.400. The second-order valence-electron chi connectivity index (χ2n) is 5.25. The maximum atomic E-state index is 4.30. The van der Waals surface area contributed by atoms with E-state index >= 15 is 0 Å². The molecule has 0 N–H and O–H groups in total. The first-order valence-electron chi connectivity index (χ1n) is 6.25. The van der Waals surface area contributed by atoms with Gasteiger partial charge in [0.1, 0.15) is 5.82 Å². The van der Waals surface area contributed by atoms with Crippen LogP contribution in [-0.2, 0) is 12.0 Å². The van der Waals surface area contributed by atoms with Crippen molar-refractivity contribution in [2.75, 3.05) is 0 Å². The van der Waals surface area contributed by atoms with E-state index in [1.54, 1.807) is 0 Å². The first kappa shape index (κ1) is 10.6. The summed E-state index contributed by atoms with van der Waals surface area (Å²) in [6.07, 6.45) is 6.57. The van der Waals surface area contributed by atoms with Crippen LogP contribution in [0.5, 0.6) is 0 Å². The van der Waals surface area contributed by atoms with Gasteiger partial charge in [0.15, 0.2) is 0 Å². The third kappa shape index (κ3) is 1.88. The van der Waals surface area contributed by atoms with Gasteiger partial charge >= 0.3 is 0 Å². The summed E-state index contributed by atoms with van der Waals surface area (Å²) in [6, 6.07) is 9.01. The molecule has 1 aliphatic carbocycles. The first-order valence-corrected chi connectivity index (χ1v) is 6.25. The van der Waals surface area contributed by atoms with Crippen molar-refractivity contribution in [2.24, 2.45) is 0 Å². The molecule has 0 bridgehead atoms. The van der Waals surface area contributed by atoms with E-state index in [-0.39, 0.29) is 0 Å². The summed E-state index contributed by atoms with van der Waals surface area (Å²) in [7, 11) is 0. The molecule has 0 atom stereocenters. The molecule has 3 rings (SSSR count). The van der Waals surface area contributed by atoms with Gasteiger partial charge in [0.2, 0.25) is 0 Å². The second-order valence-corrected chi connectivity index (χ2v) is 5.25. The minimum Gasteiger partial charge on any atom is -0.334 e. The summed E-state index contributed by atoms with van der Waals surface area (Å²) in [5.41, 5.74) is 3.19. The molecule has 2 nitrogen and oxygen atoms in total. The lowest BCUT2D eigenvalue weighted by Gasteiger charge is -2.17. The highest BCUT2D eigenvalue weighted by atomic mass is 15.1. The highest BCUT2D eigenvalue weighted by Crippen LogP contribution is 2.49. The van der Waals surface area contributed by atoms with Crippen molar-refractivity contribution in [1.29, 1.82) is 0 Å². The molecular weight excluding hydrogens is 208 g/mol. The molecule has 17 heavy (non-hydrogen) atoms. The van der Waals surface area contributed by atoms with E-state index in [1.165, 1.54) is 24.0 Å². The van der Waals surface area contributed by atoms with Gasteiger partial charge in [-0.1, -0.05) is 29.8 Å². The first-order chi connectivity index (χ1) is 8.20. The Morgan fingerprint density at radius 2 is 1.88 bits per heavy atom. The summed E-state index contributed by atoms with van der Waals surface area (Å²) >= 11 is 0. The number of aryl methyl sites for hydroxylation is 2. The predicted octanol–water partition coefficient (Wildman–Crippen LogP) is 3.23. The third-order valence-electron chi connectivity index (χ3n) is 3.91. The summed E-state index contributed by atoms with van der Waals surface area (Å²) in [4.78, 5) is 4.30. The van der Waals surface area contributed by atoms with Gasteiger partial charge in [0, 0.05) is 24.4 Å². The van der Waals surface area contributed by atoms with E-state index in [0.717, 1.165) is 12.4 Å². The van der Waals surface area contributed by atoms with Crippen LogP contribution in [0.15, 0.2) is 36.7 Å². The van der Waals surface area contributed by atoms with Gasteiger partial charge in [0.25, 0.3) is 0 Å². The molecule has 0 amide bonds. The van der Waals surface area contributed by atoms with Gasteiger partial charge in [-0.2, -0.15) is 0 Å². The number of imidazole rings is 1. The summed E-state index contributed by atoms with van der Waals surface area (Å²) < 4.78 is 2.27. The molecule has 1 heterocycles. The Balaban J connectivity index is 1.87. The molecule has 1 saturated carbocycles. The Hall–Kier alpha value is -1.57. The predicted molar refractivity (Wildman–Crippen MR) is 69.1 cm³/mol. The van der Waals surface area contributed by atoms with Gasteiger partial charge in [-0.3, -0.25) is 0 Å². The average molecular weight is 226 g/mol. The Morgan fingerprint density at radius 1 is 1.18 bits per heavy atom. The molecule has 0 saturated heterocycles. The van der Waals surface area contributed by atoms with E-state index in [0.29, 0.717) is 5.41 Å². The molecule has 2 heteroatoms. The number of hydrogen-bond acceptors (Lipinski definition) is 1. The zero-order chi connectivity index (χ0) is 11.9. The Bertz CT molecular complexity index is 518. The van der Waals surface area contributed by atoms with Crippen molar-refractivity contribution in [3.63, 3.8) is 0 Å². The Kier molecular flexibility index (Phi) is 2.32. The van der Waals surface area contributed by atoms with Crippen LogP contribution in [0.25, 0.3) is 0 Å². The van der Waals surface area contributed by atoms with Crippen LogP contribution in [0.1, 0.15) is 29.8 Å². The lowest BCUT2D eigenvalue weighted by atomic mass is 9.95. The van der Waals surface area contributed by atoms with Crippen molar-refractivity contribution >= 4 is 0 Å². The SMILES string of the molecule is Cc1ccc(C2(Cn3ccnc3C)CC2)cc1. The molecule has 0 aliphatic heterocycles. The number of benzene rings is 1. The van der Waals surface area contributed by atoms with Crippen LogP contribution in [0.3, 0.4) is 0 Å². The Labute approximate surface area is 102 Å². The highest BCUT2D eigenvalue weighted by molar-refractivity contribution is 5.33. The van der Waals surface area contributed by atoms with Gasteiger partial charge < -0.3 is 4.57 Å². The molecular formula is C15H18N2. The molecule has 2 aromatic rings. The number of nitrogens with zero attached hydrogens (tertiary/aromatic N) is 2. The molecule has 0 unspecified atom stereocenters.